The molecule has 2 aromatic carbocycles. The van der Waals surface area contributed by atoms with Gasteiger partial charge < -0.3 is 50.7 Å². The van der Waals surface area contributed by atoms with Crippen LogP contribution in [0.2, 0.25) is 0 Å². The van der Waals surface area contributed by atoms with E-state index in [1.165, 1.54) is 9.80 Å². The van der Waals surface area contributed by atoms with Crippen LogP contribution in [0.1, 0.15) is 24.0 Å². The maximum Gasteiger partial charge on any atom is 0.320 e. The van der Waals surface area contributed by atoms with Crippen molar-refractivity contribution in [3.8, 4) is 0 Å². The Kier molecular flexibility index (Phi) is 12.4. The summed E-state index contributed by atoms with van der Waals surface area (Å²) in [6, 6.07) is 14.4. The van der Waals surface area contributed by atoms with Crippen LogP contribution in [0.15, 0.2) is 48.5 Å². The number of amides is 8. The number of piperazine rings is 2. The van der Waals surface area contributed by atoms with E-state index in [0.717, 1.165) is 11.1 Å². The van der Waals surface area contributed by atoms with Gasteiger partial charge in [0.1, 0.15) is 0 Å². The topological polar surface area (TPSA) is 180 Å². The number of hydrogen-bond donors (Lipinski definition) is 2. The summed E-state index contributed by atoms with van der Waals surface area (Å²) in [4.78, 5) is 91.4. The van der Waals surface area contributed by atoms with Gasteiger partial charge in [0.25, 0.3) is 0 Å². The van der Waals surface area contributed by atoms with E-state index in [1.54, 1.807) is 67.8 Å². The third kappa shape index (κ3) is 9.82. The second-order valence-corrected chi connectivity index (χ2v) is 13.6. The minimum absolute atomic E-state index is 0.00244. The summed E-state index contributed by atoms with van der Waals surface area (Å²) in [5.74, 6) is -0.979. The van der Waals surface area contributed by atoms with E-state index in [-0.39, 0.29) is 74.7 Å². The molecule has 0 bridgehead atoms. The second kappa shape index (κ2) is 17.1. The summed E-state index contributed by atoms with van der Waals surface area (Å²) in [6.07, 6.45) is -0.00488. The number of carbonyl (C=O) groups excluding carboxylic acids is 6. The largest absolute Gasteiger partial charge is 0.399 e. The van der Waals surface area contributed by atoms with E-state index < -0.39 is 0 Å². The third-order valence-corrected chi connectivity index (χ3v) is 9.81. The van der Waals surface area contributed by atoms with Crippen molar-refractivity contribution in [1.82, 2.24) is 39.2 Å². The van der Waals surface area contributed by atoms with Gasteiger partial charge in [-0.05, 0) is 35.4 Å². The molecule has 52 heavy (non-hydrogen) atoms. The maximum atomic E-state index is 13.2. The fourth-order valence-corrected chi connectivity index (χ4v) is 6.59. The SMILES string of the molecule is CN(Cc1ccc(N)cc1)C(=O)N1CCN(C(=O)CN2CCC(=O)N(CC(=O)N3CCN(C(=O)N(C)Cc4ccc(N)cc4)CC3)CCC2=O)CC1. The Balaban J connectivity index is 1.02. The number of nitrogens with zero attached hydrogens (tertiary/aromatic N) is 8. The van der Waals surface area contributed by atoms with Gasteiger partial charge in [-0.25, -0.2) is 9.59 Å². The van der Waals surface area contributed by atoms with E-state index in [0.29, 0.717) is 76.8 Å². The smallest absolute Gasteiger partial charge is 0.320 e. The molecule has 280 valence electrons. The van der Waals surface area contributed by atoms with Crippen molar-refractivity contribution in [3.63, 3.8) is 0 Å². The standard InChI is InChI=1S/C36H50N10O6/c1-39(23-27-3-7-29(37)8-4-27)35(51)43-19-15-41(16-20-43)33(49)25-45-13-11-32(48)46(14-12-31(45)47)26-34(50)42-17-21-44(22-18-42)36(52)40(2)24-28-5-9-30(38)10-6-28/h3-10H,11-26,37-38H2,1-2H3. The van der Waals surface area contributed by atoms with Crippen molar-refractivity contribution >= 4 is 47.1 Å². The summed E-state index contributed by atoms with van der Waals surface area (Å²) in [7, 11) is 3.47. The van der Waals surface area contributed by atoms with Gasteiger partial charge in [0.05, 0.1) is 13.1 Å². The Labute approximate surface area is 304 Å². The molecule has 3 saturated heterocycles. The number of nitrogen functional groups attached to an aromatic ring is 2. The summed E-state index contributed by atoms with van der Waals surface area (Å²) < 4.78 is 0. The fraction of sp³-hybridized carbons (Fsp3) is 0.500. The number of nitrogens with two attached hydrogens (primary N) is 2. The van der Waals surface area contributed by atoms with Crippen LogP contribution >= 0.6 is 0 Å². The number of carbonyl (C=O) groups is 6. The van der Waals surface area contributed by atoms with Crippen LogP contribution in [0, 0.1) is 0 Å². The van der Waals surface area contributed by atoms with Gasteiger partial charge in [-0.15, -0.1) is 0 Å². The molecule has 0 unspecified atom stereocenters. The molecule has 0 saturated carbocycles. The van der Waals surface area contributed by atoms with Crippen molar-refractivity contribution < 1.29 is 28.8 Å². The lowest BCUT2D eigenvalue weighted by molar-refractivity contribution is -0.147. The van der Waals surface area contributed by atoms with Gasteiger partial charge in [0.15, 0.2) is 0 Å². The van der Waals surface area contributed by atoms with Crippen LogP contribution < -0.4 is 11.5 Å². The Morgan fingerprint density at radius 3 is 1.15 bits per heavy atom. The number of benzene rings is 2. The Bertz CT molecular complexity index is 1480. The average Bonchev–Trinajstić information content (AvgIpc) is 3.15. The number of anilines is 2. The highest BCUT2D eigenvalue weighted by molar-refractivity contribution is 5.89. The molecule has 16 heteroatoms. The first kappa shape index (κ1) is 37.7. The van der Waals surface area contributed by atoms with E-state index in [9.17, 15) is 28.8 Å². The molecule has 3 aliphatic rings. The molecule has 3 fully saturated rings. The molecule has 8 amide bonds. The monoisotopic (exact) mass is 718 g/mol. The number of rotatable bonds is 8. The van der Waals surface area contributed by atoms with Crippen molar-refractivity contribution in [2.75, 3.05) is 104 Å². The van der Waals surface area contributed by atoms with Crippen LogP contribution in [-0.2, 0) is 32.3 Å². The lowest BCUT2D eigenvalue weighted by atomic mass is 10.2. The first-order valence-electron chi connectivity index (χ1n) is 17.7. The quantitative estimate of drug-likeness (QED) is 0.368. The highest BCUT2D eigenvalue weighted by Crippen LogP contribution is 2.15. The first-order chi connectivity index (χ1) is 24.9. The minimum atomic E-state index is -0.258. The highest BCUT2D eigenvalue weighted by atomic mass is 16.2. The molecule has 0 spiro atoms. The Hall–Kier alpha value is -5.54. The number of hydrogen-bond acceptors (Lipinski definition) is 8. The molecule has 0 aromatic heterocycles. The fourth-order valence-electron chi connectivity index (χ4n) is 6.59. The molecular weight excluding hydrogens is 668 g/mol. The summed E-state index contributed by atoms with van der Waals surface area (Å²) in [5, 5.41) is 0. The summed E-state index contributed by atoms with van der Waals surface area (Å²) in [6.45, 7) is 3.62. The zero-order chi connectivity index (χ0) is 37.4. The van der Waals surface area contributed by atoms with Gasteiger partial charge in [0.2, 0.25) is 23.6 Å². The molecule has 0 aliphatic carbocycles. The zero-order valence-corrected chi connectivity index (χ0v) is 30.1. The maximum absolute atomic E-state index is 13.2. The second-order valence-electron chi connectivity index (χ2n) is 13.6. The van der Waals surface area contributed by atoms with Crippen molar-refractivity contribution in [2.45, 2.75) is 25.9 Å². The molecule has 0 atom stereocenters. The van der Waals surface area contributed by atoms with Crippen LogP contribution in [0.25, 0.3) is 0 Å². The third-order valence-electron chi connectivity index (χ3n) is 9.81. The van der Waals surface area contributed by atoms with Crippen LogP contribution in [0.4, 0.5) is 21.0 Å². The molecule has 0 radical (unpaired) electrons. The van der Waals surface area contributed by atoms with E-state index in [2.05, 4.69) is 0 Å². The molecular formula is C36H50N10O6. The highest BCUT2D eigenvalue weighted by Gasteiger charge is 2.32. The van der Waals surface area contributed by atoms with Crippen LogP contribution in [-0.4, -0.2) is 168 Å². The Morgan fingerprint density at radius 1 is 0.519 bits per heavy atom. The van der Waals surface area contributed by atoms with Gasteiger partial charge in [-0.2, -0.15) is 0 Å². The molecule has 5 rings (SSSR count). The Morgan fingerprint density at radius 2 is 0.827 bits per heavy atom. The molecule has 3 aliphatic heterocycles. The molecule has 2 aromatic rings. The lowest BCUT2D eigenvalue weighted by Crippen LogP contribution is -2.56. The van der Waals surface area contributed by atoms with E-state index in [1.807, 2.05) is 24.3 Å². The molecule has 4 N–H and O–H groups in total. The van der Waals surface area contributed by atoms with Crippen LogP contribution in [0.5, 0.6) is 0 Å². The van der Waals surface area contributed by atoms with Gasteiger partial charge >= 0.3 is 12.1 Å². The van der Waals surface area contributed by atoms with Crippen molar-refractivity contribution in [1.29, 1.82) is 0 Å². The van der Waals surface area contributed by atoms with Gasteiger partial charge in [-0.1, -0.05) is 24.3 Å². The van der Waals surface area contributed by atoms with Crippen LogP contribution in [0.3, 0.4) is 0 Å². The van der Waals surface area contributed by atoms with Gasteiger partial charge in [0, 0.05) is 117 Å². The normalized spacial score (nSPS) is 17.1. The zero-order valence-electron chi connectivity index (χ0n) is 30.1. The average molecular weight is 719 g/mol. The number of urea groups is 2. The predicted octanol–water partition coefficient (Wildman–Crippen LogP) is 0.394. The van der Waals surface area contributed by atoms with E-state index in [4.69, 9.17) is 11.5 Å². The summed E-state index contributed by atoms with van der Waals surface area (Å²) >= 11 is 0. The molecule has 16 nitrogen and oxygen atoms in total. The first-order valence-corrected chi connectivity index (χ1v) is 17.7. The van der Waals surface area contributed by atoms with Crippen molar-refractivity contribution in [3.05, 3.63) is 59.7 Å². The molecule has 3 heterocycles. The minimum Gasteiger partial charge on any atom is -0.399 e. The van der Waals surface area contributed by atoms with Crippen molar-refractivity contribution in [2.24, 2.45) is 0 Å². The van der Waals surface area contributed by atoms with Gasteiger partial charge in [-0.3, -0.25) is 19.2 Å². The predicted molar refractivity (Wildman–Crippen MR) is 194 cm³/mol. The van der Waals surface area contributed by atoms with E-state index >= 15 is 0 Å². The summed E-state index contributed by atoms with van der Waals surface area (Å²) in [5.41, 5.74) is 14.7. The lowest BCUT2D eigenvalue weighted by Gasteiger charge is -2.38.